The SMILES string of the molecule is CCCNC(c1cc(CC)ccc1CC)C1CC1(C)C. The topological polar surface area (TPSA) is 12.0 Å². The van der Waals surface area contributed by atoms with E-state index in [4.69, 9.17) is 0 Å². The standard InChI is InChI=1S/C19H31N/c1-6-11-20-18(17-13-19(17,4)5)16-12-14(7-2)9-10-15(16)8-3/h9-10,12,17-18,20H,6-8,11,13H2,1-5H3. The maximum absolute atomic E-state index is 3.83. The van der Waals surface area contributed by atoms with Crippen LogP contribution in [-0.4, -0.2) is 6.54 Å². The Morgan fingerprint density at radius 1 is 1.20 bits per heavy atom. The van der Waals surface area contributed by atoms with Gasteiger partial charge in [0.25, 0.3) is 0 Å². The fraction of sp³-hybridized carbons (Fsp3) is 0.684. The van der Waals surface area contributed by atoms with Crippen molar-refractivity contribution >= 4 is 0 Å². The molecule has 1 aromatic carbocycles. The molecule has 1 saturated carbocycles. The van der Waals surface area contributed by atoms with Gasteiger partial charge in [-0.15, -0.1) is 0 Å². The number of benzene rings is 1. The molecule has 2 unspecified atom stereocenters. The van der Waals surface area contributed by atoms with Gasteiger partial charge in [-0.2, -0.15) is 0 Å². The summed E-state index contributed by atoms with van der Waals surface area (Å²) in [5.74, 6) is 0.798. The molecule has 1 fully saturated rings. The van der Waals surface area contributed by atoms with Crippen molar-refractivity contribution in [3.8, 4) is 0 Å². The quantitative estimate of drug-likeness (QED) is 0.745. The van der Waals surface area contributed by atoms with E-state index in [1.807, 2.05) is 0 Å². The van der Waals surface area contributed by atoms with Gasteiger partial charge >= 0.3 is 0 Å². The van der Waals surface area contributed by atoms with Crippen molar-refractivity contribution in [1.29, 1.82) is 0 Å². The van der Waals surface area contributed by atoms with E-state index in [-0.39, 0.29) is 0 Å². The first-order valence-corrected chi connectivity index (χ1v) is 8.38. The van der Waals surface area contributed by atoms with E-state index in [1.165, 1.54) is 24.0 Å². The van der Waals surface area contributed by atoms with Crippen LogP contribution in [0.25, 0.3) is 0 Å². The van der Waals surface area contributed by atoms with Crippen molar-refractivity contribution in [3.05, 3.63) is 34.9 Å². The van der Waals surface area contributed by atoms with Crippen LogP contribution < -0.4 is 5.32 Å². The van der Waals surface area contributed by atoms with Gasteiger partial charge in [-0.3, -0.25) is 0 Å². The average molecular weight is 273 g/mol. The smallest absolute Gasteiger partial charge is 0.0356 e. The first-order valence-electron chi connectivity index (χ1n) is 8.38. The van der Waals surface area contributed by atoms with E-state index in [2.05, 4.69) is 58.1 Å². The third-order valence-corrected chi connectivity index (χ3v) is 4.94. The first kappa shape index (κ1) is 15.6. The molecule has 0 spiro atoms. The fourth-order valence-electron chi connectivity index (χ4n) is 3.32. The van der Waals surface area contributed by atoms with Gasteiger partial charge in [0.15, 0.2) is 0 Å². The molecular formula is C19H31N. The highest BCUT2D eigenvalue weighted by Gasteiger charge is 2.50. The Morgan fingerprint density at radius 2 is 1.90 bits per heavy atom. The number of hydrogen-bond donors (Lipinski definition) is 1. The summed E-state index contributed by atoms with van der Waals surface area (Å²) in [5.41, 5.74) is 5.08. The number of rotatable bonds is 7. The molecule has 1 aliphatic carbocycles. The zero-order chi connectivity index (χ0) is 14.8. The summed E-state index contributed by atoms with van der Waals surface area (Å²) >= 11 is 0. The van der Waals surface area contributed by atoms with Crippen LogP contribution >= 0.6 is 0 Å². The Morgan fingerprint density at radius 3 is 2.40 bits per heavy atom. The van der Waals surface area contributed by atoms with Crippen molar-refractivity contribution in [1.82, 2.24) is 5.32 Å². The van der Waals surface area contributed by atoms with E-state index in [9.17, 15) is 0 Å². The van der Waals surface area contributed by atoms with Crippen LogP contribution in [0.15, 0.2) is 18.2 Å². The Bertz CT molecular complexity index is 447. The molecule has 1 nitrogen and oxygen atoms in total. The van der Waals surface area contributed by atoms with Gasteiger partial charge in [0, 0.05) is 6.04 Å². The molecule has 0 radical (unpaired) electrons. The lowest BCUT2D eigenvalue weighted by Gasteiger charge is -2.24. The molecule has 2 atom stereocenters. The van der Waals surface area contributed by atoms with E-state index in [0.717, 1.165) is 25.3 Å². The summed E-state index contributed by atoms with van der Waals surface area (Å²) in [6.45, 7) is 12.7. The number of aryl methyl sites for hydroxylation is 2. The van der Waals surface area contributed by atoms with Crippen LogP contribution in [0.5, 0.6) is 0 Å². The second-order valence-electron chi connectivity index (χ2n) is 6.97. The second-order valence-corrected chi connectivity index (χ2v) is 6.97. The van der Waals surface area contributed by atoms with Crippen molar-refractivity contribution in [2.24, 2.45) is 11.3 Å². The van der Waals surface area contributed by atoms with Crippen molar-refractivity contribution in [2.45, 2.75) is 66.3 Å². The molecule has 0 saturated heterocycles. The Balaban J connectivity index is 2.31. The van der Waals surface area contributed by atoms with Crippen LogP contribution in [0.4, 0.5) is 0 Å². The van der Waals surface area contributed by atoms with Gasteiger partial charge in [-0.05, 0) is 60.3 Å². The van der Waals surface area contributed by atoms with Crippen LogP contribution in [0.2, 0.25) is 0 Å². The molecule has 1 N–H and O–H groups in total. The van der Waals surface area contributed by atoms with Gasteiger partial charge in [0.05, 0.1) is 0 Å². The molecule has 1 aliphatic rings. The fourth-order valence-corrected chi connectivity index (χ4v) is 3.32. The third kappa shape index (κ3) is 3.25. The Labute approximate surface area is 125 Å². The molecule has 1 aromatic rings. The van der Waals surface area contributed by atoms with E-state index in [0.29, 0.717) is 11.5 Å². The highest BCUT2D eigenvalue weighted by molar-refractivity contribution is 5.36. The first-order chi connectivity index (χ1) is 9.53. The molecular weight excluding hydrogens is 242 g/mol. The highest BCUT2D eigenvalue weighted by atomic mass is 14.9. The third-order valence-electron chi connectivity index (χ3n) is 4.94. The van der Waals surface area contributed by atoms with Crippen molar-refractivity contribution in [3.63, 3.8) is 0 Å². The number of nitrogens with one attached hydrogen (secondary N) is 1. The molecule has 0 amide bonds. The van der Waals surface area contributed by atoms with Gasteiger partial charge in [-0.1, -0.05) is 52.8 Å². The predicted molar refractivity (Wildman–Crippen MR) is 88.1 cm³/mol. The molecule has 2 rings (SSSR count). The molecule has 112 valence electrons. The van der Waals surface area contributed by atoms with Crippen LogP contribution in [0.3, 0.4) is 0 Å². The lowest BCUT2D eigenvalue weighted by molar-refractivity contribution is 0.413. The maximum atomic E-state index is 3.83. The lowest BCUT2D eigenvalue weighted by atomic mass is 9.90. The van der Waals surface area contributed by atoms with Gasteiger partial charge in [0.2, 0.25) is 0 Å². The molecule has 0 aliphatic heterocycles. The average Bonchev–Trinajstić information content (AvgIpc) is 3.07. The predicted octanol–water partition coefficient (Wildman–Crippen LogP) is 4.90. The van der Waals surface area contributed by atoms with E-state index in [1.54, 1.807) is 5.56 Å². The summed E-state index contributed by atoms with van der Waals surface area (Å²) < 4.78 is 0. The number of hydrogen-bond acceptors (Lipinski definition) is 1. The zero-order valence-corrected chi connectivity index (χ0v) is 13.9. The van der Waals surface area contributed by atoms with Crippen LogP contribution in [-0.2, 0) is 12.8 Å². The summed E-state index contributed by atoms with van der Waals surface area (Å²) in [5, 5.41) is 3.83. The van der Waals surface area contributed by atoms with Gasteiger partial charge in [0.1, 0.15) is 0 Å². The van der Waals surface area contributed by atoms with Crippen LogP contribution in [0, 0.1) is 11.3 Å². The second kappa shape index (κ2) is 6.30. The minimum absolute atomic E-state index is 0.513. The van der Waals surface area contributed by atoms with E-state index < -0.39 is 0 Å². The molecule has 1 heteroatoms. The summed E-state index contributed by atoms with van der Waals surface area (Å²) in [4.78, 5) is 0. The largest absolute Gasteiger partial charge is 0.310 e. The van der Waals surface area contributed by atoms with Gasteiger partial charge < -0.3 is 5.32 Å². The highest BCUT2D eigenvalue weighted by Crippen LogP contribution is 2.58. The van der Waals surface area contributed by atoms with Crippen molar-refractivity contribution < 1.29 is 0 Å². The molecule has 0 aromatic heterocycles. The minimum atomic E-state index is 0.513. The molecule has 0 bridgehead atoms. The van der Waals surface area contributed by atoms with E-state index >= 15 is 0 Å². The summed E-state index contributed by atoms with van der Waals surface area (Å²) in [6.07, 6.45) is 4.83. The monoisotopic (exact) mass is 273 g/mol. The Kier molecular flexibility index (Phi) is 4.90. The minimum Gasteiger partial charge on any atom is -0.310 e. The van der Waals surface area contributed by atoms with Gasteiger partial charge in [-0.25, -0.2) is 0 Å². The molecule has 20 heavy (non-hydrogen) atoms. The summed E-state index contributed by atoms with van der Waals surface area (Å²) in [7, 11) is 0. The van der Waals surface area contributed by atoms with Crippen molar-refractivity contribution in [2.75, 3.05) is 6.54 Å². The maximum Gasteiger partial charge on any atom is 0.0356 e. The zero-order valence-electron chi connectivity index (χ0n) is 13.9. The summed E-state index contributed by atoms with van der Waals surface area (Å²) in [6, 6.07) is 7.66. The lowest BCUT2D eigenvalue weighted by Crippen LogP contribution is -2.26. The Hall–Kier alpha value is -0.820. The normalized spacial score (nSPS) is 21.8. The van der Waals surface area contributed by atoms with Crippen LogP contribution in [0.1, 0.15) is 70.2 Å². The molecule has 0 heterocycles.